The van der Waals surface area contributed by atoms with Crippen LogP contribution in [0.5, 0.6) is 0 Å². The Balaban J connectivity index is 1.23. The molecule has 70 heavy (non-hydrogen) atoms. The average Bonchev–Trinajstić information content (AvgIpc) is 3.89. The highest BCUT2D eigenvalue weighted by molar-refractivity contribution is 6.13. The number of hydrogen-bond acceptors (Lipinski definition) is 3. The summed E-state index contributed by atoms with van der Waals surface area (Å²) in [6.45, 7) is 0. The van der Waals surface area contributed by atoms with Gasteiger partial charge in [-0.25, -0.2) is 0 Å². The van der Waals surface area contributed by atoms with E-state index in [1.165, 1.54) is 6.07 Å². The second-order valence-corrected chi connectivity index (χ2v) is 16.8. The van der Waals surface area contributed by atoms with Crippen LogP contribution in [-0.4, -0.2) is 9.13 Å². The molecule has 0 aliphatic carbocycles. The minimum absolute atomic E-state index is 0.00493. The van der Waals surface area contributed by atoms with E-state index in [9.17, 15) is 42.1 Å². The lowest BCUT2D eigenvalue weighted by molar-refractivity contribution is -0.142. The van der Waals surface area contributed by atoms with Crippen LogP contribution in [0, 0.1) is 34.0 Å². The summed E-state index contributed by atoms with van der Waals surface area (Å²) in [6.07, 6.45) is -10.2. The van der Waals surface area contributed by atoms with E-state index in [0.717, 1.165) is 55.3 Å². The van der Waals surface area contributed by atoms with Crippen LogP contribution in [0.3, 0.4) is 0 Å². The monoisotopic (exact) mass is 923 g/mol. The molecule has 5 nitrogen and oxygen atoms in total. The second-order valence-electron chi connectivity index (χ2n) is 16.8. The van der Waals surface area contributed by atoms with Crippen LogP contribution in [0.25, 0.3) is 99.5 Å². The molecule has 0 N–H and O–H groups in total. The zero-order chi connectivity index (χ0) is 48.5. The molecular weight excluding hydrogens is 893 g/mol. The van der Waals surface area contributed by atoms with E-state index in [2.05, 4.69) is 22.8 Å². The van der Waals surface area contributed by atoms with Gasteiger partial charge in [0.2, 0.25) is 0 Å². The number of halogens is 6. The Morgan fingerprint density at radius 3 is 1.37 bits per heavy atom. The molecule has 0 fully saturated rings. The van der Waals surface area contributed by atoms with Crippen molar-refractivity contribution in [1.82, 2.24) is 9.13 Å². The van der Waals surface area contributed by atoms with Gasteiger partial charge in [-0.3, -0.25) is 0 Å². The summed E-state index contributed by atoms with van der Waals surface area (Å²) in [5.41, 5.74) is 6.02. The molecule has 11 heteroatoms. The Morgan fingerprint density at radius 1 is 0.343 bits per heavy atom. The lowest BCUT2D eigenvalue weighted by Gasteiger charge is -2.21. The van der Waals surface area contributed by atoms with Gasteiger partial charge in [0.15, 0.2) is 0 Å². The smallest absolute Gasteiger partial charge is 0.309 e. The van der Waals surface area contributed by atoms with E-state index in [-0.39, 0.29) is 11.6 Å². The topological polar surface area (TPSA) is 81.2 Å². The third kappa shape index (κ3) is 7.10. The van der Waals surface area contributed by atoms with Gasteiger partial charge in [0.05, 0.1) is 79.5 Å². The van der Waals surface area contributed by atoms with Crippen molar-refractivity contribution in [3.05, 3.63) is 216 Å². The summed E-state index contributed by atoms with van der Waals surface area (Å²) >= 11 is 0. The first kappa shape index (κ1) is 43.2. The highest BCUT2D eigenvalue weighted by Gasteiger charge is 2.38. The predicted molar refractivity (Wildman–Crippen MR) is 261 cm³/mol. The molecule has 0 radical (unpaired) electrons. The van der Waals surface area contributed by atoms with E-state index in [1.807, 2.05) is 126 Å². The molecule has 0 bridgehead atoms. The van der Waals surface area contributed by atoms with Gasteiger partial charge in [0.1, 0.15) is 0 Å². The van der Waals surface area contributed by atoms with Crippen LogP contribution in [0.4, 0.5) is 26.3 Å². The molecular formula is C59H31F6N5. The van der Waals surface area contributed by atoms with Gasteiger partial charge in [0, 0.05) is 32.7 Å². The Kier molecular flexibility index (Phi) is 10.2. The fourth-order valence-corrected chi connectivity index (χ4v) is 9.80. The van der Waals surface area contributed by atoms with Gasteiger partial charge in [-0.15, -0.1) is 0 Å². The molecule has 0 aliphatic heterocycles. The molecule has 2 aromatic heterocycles. The molecule has 0 aliphatic rings. The predicted octanol–water partition coefficient (Wildman–Crippen LogP) is 16.2. The lowest BCUT2D eigenvalue weighted by atomic mass is 9.92. The van der Waals surface area contributed by atoms with E-state index < -0.39 is 29.0 Å². The molecule has 0 saturated heterocycles. The zero-order valence-electron chi connectivity index (χ0n) is 36.4. The number of para-hydroxylation sites is 2. The van der Waals surface area contributed by atoms with Gasteiger partial charge < -0.3 is 9.13 Å². The quantitative estimate of drug-likeness (QED) is 0.156. The fourth-order valence-electron chi connectivity index (χ4n) is 9.80. The van der Waals surface area contributed by atoms with Crippen LogP contribution < -0.4 is 0 Å². The van der Waals surface area contributed by atoms with Gasteiger partial charge in [0.25, 0.3) is 0 Å². The number of nitriles is 3. The maximum atomic E-state index is 14.9. The SMILES string of the molecule is N#Cc1ccc(-n2c3ccccc3c3cc(-c4ccccc4C#N)ccc32)c(-c2ccc(-c3ccc(C(F)(F)F)cc3C(F)(F)F)cc2-n2c3ccccc3c3cc(-c4ccccc4C#N)ccc32)c1. The van der Waals surface area contributed by atoms with Crippen molar-refractivity contribution in [2.45, 2.75) is 12.4 Å². The van der Waals surface area contributed by atoms with Crippen molar-refractivity contribution in [3.8, 4) is 74.1 Å². The second kappa shape index (κ2) is 16.4. The van der Waals surface area contributed by atoms with E-state index >= 15 is 0 Å². The normalized spacial score (nSPS) is 11.8. The van der Waals surface area contributed by atoms with Crippen LogP contribution >= 0.6 is 0 Å². The maximum Gasteiger partial charge on any atom is 0.417 e. The first-order valence-corrected chi connectivity index (χ1v) is 21.9. The summed E-state index contributed by atoms with van der Waals surface area (Å²) in [6, 6.07) is 60.0. The van der Waals surface area contributed by atoms with Crippen molar-refractivity contribution >= 4 is 43.6 Å². The number of aromatic nitrogens is 2. The number of hydrogen-bond donors (Lipinski definition) is 0. The Labute approximate surface area is 395 Å². The minimum Gasteiger partial charge on any atom is -0.309 e. The van der Waals surface area contributed by atoms with Crippen molar-refractivity contribution in [3.63, 3.8) is 0 Å². The molecule has 11 rings (SSSR count). The lowest BCUT2D eigenvalue weighted by Crippen LogP contribution is -2.12. The first-order chi connectivity index (χ1) is 33.9. The Hall–Kier alpha value is -9.37. The van der Waals surface area contributed by atoms with Gasteiger partial charge in [-0.05, 0) is 118 Å². The van der Waals surface area contributed by atoms with Crippen molar-refractivity contribution < 1.29 is 26.3 Å². The third-order valence-corrected chi connectivity index (χ3v) is 12.9. The van der Waals surface area contributed by atoms with Gasteiger partial charge in [-0.1, -0.05) is 103 Å². The van der Waals surface area contributed by atoms with Crippen LogP contribution in [0.1, 0.15) is 27.8 Å². The highest BCUT2D eigenvalue weighted by atomic mass is 19.4. The molecule has 9 aromatic carbocycles. The molecule has 334 valence electrons. The number of nitrogens with zero attached hydrogens (tertiary/aromatic N) is 5. The number of benzene rings is 9. The molecule has 0 atom stereocenters. The third-order valence-electron chi connectivity index (χ3n) is 12.9. The van der Waals surface area contributed by atoms with Crippen LogP contribution in [-0.2, 0) is 12.4 Å². The van der Waals surface area contributed by atoms with E-state index in [0.29, 0.717) is 61.9 Å². The number of alkyl halides is 6. The number of fused-ring (bicyclic) bond motifs is 6. The molecule has 11 aromatic rings. The molecule has 2 heterocycles. The van der Waals surface area contributed by atoms with E-state index in [1.54, 1.807) is 42.5 Å². The van der Waals surface area contributed by atoms with E-state index in [4.69, 9.17) is 0 Å². The van der Waals surface area contributed by atoms with Gasteiger partial charge >= 0.3 is 12.4 Å². The zero-order valence-corrected chi connectivity index (χ0v) is 36.4. The minimum atomic E-state index is -5.15. The summed E-state index contributed by atoms with van der Waals surface area (Å²) in [4.78, 5) is 0. The highest BCUT2D eigenvalue weighted by Crippen LogP contribution is 2.46. The summed E-state index contributed by atoms with van der Waals surface area (Å²) in [5, 5.41) is 33.8. The molecule has 0 unspecified atom stereocenters. The van der Waals surface area contributed by atoms with Crippen molar-refractivity contribution in [1.29, 1.82) is 15.8 Å². The first-order valence-electron chi connectivity index (χ1n) is 21.9. The summed E-state index contributed by atoms with van der Waals surface area (Å²) < 4.78 is 90.7. The molecule has 0 spiro atoms. The summed E-state index contributed by atoms with van der Waals surface area (Å²) in [5.74, 6) is 0. The maximum absolute atomic E-state index is 14.9. The van der Waals surface area contributed by atoms with Crippen molar-refractivity contribution in [2.24, 2.45) is 0 Å². The average molecular weight is 924 g/mol. The van der Waals surface area contributed by atoms with Crippen LogP contribution in [0.15, 0.2) is 188 Å². The fraction of sp³-hybridized carbons (Fsp3) is 0.0339. The van der Waals surface area contributed by atoms with Crippen LogP contribution in [0.2, 0.25) is 0 Å². The molecule has 0 saturated carbocycles. The van der Waals surface area contributed by atoms with Crippen molar-refractivity contribution in [2.75, 3.05) is 0 Å². The Bertz CT molecular complexity index is 4100. The van der Waals surface area contributed by atoms with Gasteiger partial charge in [-0.2, -0.15) is 42.1 Å². The largest absolute Gasteiger partial charge is 0.417 e. The standard InChI is InChI=1S/C59H31F6N5/c60-58(61,62)41-21-23-44(51(31-41)59(63,64)65)38-18-22-47(57(30-38)70-53-16-8-6-14-46(53)50-29-37(20-26-56(50)70)43-12-4-2-10-40(43)34-68)48-27-35(32-66)17-24-54(48)69-52-15-7-5-13-45(52)49-28-36(19-25-55(49)69)42-11-3-1-9-39(42)33-67/h1-31H. The number of rotatable bonds is 6. The molecule has 0 amide bonds. The summed E-state index contributed by atoms with van der Waals surface area (Å²) in [7, 11) is 0. The Morgan fingerprint density at radius 2 is 0.829 bits per heavy atom.